The first-order chi connectivity index (χ1) is 9.13. The third kappa shape index (κ3) is 2.20. The van der Waals surface area contributed by atoms with Crippen LogP contribution in [-0.2, 0) is 11.2 Å². The van der Waals surface area contributed by atoms with Crippen molar-refractivity contribution in [2.24, 2.45) is 0 Å². The first-order valence-electron chi connectivity index (χ1n) is 5.58. The number of hydrogen-bond donors (Lipinski definition) is 1. The number of fused-ring (bicyclic) bond motifs is 1. The van der Waals surface area contributed by atoms with Crippen LogP contribution in [0.2, 0.25) is 5.15 Å². The molecule has 0 aliphatic carbocycles. The van der Waals surface area contributed by atoms with Gasteiger partial charge in [-0.05, 0) is 23.8 Å². The first-order valence-corrected chi connectivity index (χ1v) is 5.96. The number of benzene rings is 1. The van der Waals surface area contributed by atoms with Crippen LogP contribution in [0.4, 0.5) is 5.69 Å². The highest BCUT2D eigenvalue weighted by Gasteiger charge is 2.20. The molecule has 2 heterocycles. The van der Waals surface area contributed by atoms with Gasteiger partial charge in [-0.25, -0.2) is 9.97 Å². The number of amides is 1. The van der Waals surface area contributed by atoms with Crippen molar-refractivity contribution in [3.05, 3.63) is 52.6 Å². The number of ketones is 1. The summed E-state index contributed by atoms with van der Waals surface area (Å²) >= 11 is 5.73. The highest BCUT2D eigenvalue weighted by molar-refractivity contribution is 6.29. The summed E-state index contributed by atoms with van der Waals surface area (Å²) in [5, 5.41) is 2.93. The Morgan fingerprint density at radius 1 is 1.26 bits per heavy atom. The number of nitrogens with one attached hydrogen (secondary N) is 1. The number of carbonyl (C=O) groups is 2. The third-order valence-electron chi connectivity index (χ3n) is 2.86. The number of carbonyl (C=O) groups excluding carboxylic acids is 2. The van der Waals surface area contributed by atoms with E-state index in [1.54, 1.807) is 18.2 Å². The van der Waals surface area contributed by atoms with Crippen molar-refractivity contribution in [3.63, 3.8) is 0 Å². The van der Waals surface area contributed by atoms with Crippen molar-refractivity contribution in [2.75, 3.05) is 5.32 Å². The van der Waals surface area contributed by atoms with Crippen LogP contribution in [0.3, 0.4) is 0 Å². The fourth-order valence-corrected chi connectivity index (χ4v) is 2.12. The van der Waals surface area contributed by atoms with E-state index in [-0.39, 0.29) is 22.5 Å². The fraction of sp³-hybridized carbons (Fsp3) is 0.0769. The van der Waals surface area contributed by atoms with Crippen molar-refractivity contribution in [1.82, 2.24) is 9.97 Å². The van der Waals surface area contributed by atoms with Gasteiger partial charge in [0, 0.05) is 17.3 Å². The van der Waals surface area contributed by atoms with Gasteiger partial charge in [0.2, 0.25) is 11.7 Å². The third-order valence-corrected chi connectivity index (χ3v) is 3.07. The predicted octanol–water partition coefficient (Wildman–Crippen LogP) is 1.86. The zero-order chi connectivity index (χ0) is 13.4. The van der Waals surface area contributed by atoms with Crippen LogP contribution in [0.5, 0.6) is 0 Å². The number of hydrogen-bond acceptors (Lipinski definition) is 4. The highest BCUT2D eigenvalue weighted by atomic mass is 35.5. The minimum atomic E-state index is -0.244. The quantitative estimate of drug-likeness (QED) is 0.670. The van der Waals surface area contributed by atoms with Gasteiger partial charge < -0.3 is 5.32 Å². The summed E-state index contributed by atoms with van der Waals surface area (Å²) in [4.78, 5) is 31.1. The van der Waals surface area contributed by atoms with E-state index in [9.17, 15) is 9.59 Å². The monoisotopic (exact) mass is 273 g/mol. The zero-order valence-electron chi connectivity index (χ0n) is 9.68. The van der Waals surface area contributed by atoms with Crippen LogP contribution in [0.1, 0.15) is 21.6 Å². The van der Waals surface area contributed by atoms with Gasteiger partial charge in [0.1, 0.15) is 17.2 Å². The molecule has 0 bridgehead atoms. The second-order valence-electron chi connectivity index (χ2n) is 4.15. The summed E-state index contributed by atoms with van der Waals surface area (Å²) in [5.74, 6) is -0.309. The molecule has 0 radical (unpaired) electrons. The van der Waals surface area contributed by atoms with Crippen molar-refractivity contribution >= 4 is 29.0 Å². The van der Waals surface area contributed by atoms with Crippen LogP contribution < -0.4 is 5.32 Å². The first kappa shape index (κ1) is 11.8. The molecule has 1 aliphatic rings. The second-order valence-corrected chi connectivity index (χ2v) is 4.54. The van der Waals surface area contributed by atoms with Gasteiger partial charge in [0.25, 0.3) is 0 Å². The summed E-state index contributed by atoms with van der Waals surface area (Å²) in [5.41, 5.74) is 2.28. The molecule has 5 nitrogen and oxygen atoms in total. The van der Waals surface area contributed by atoms with Gasteiger partial charge in [-0.2, -0.15) is 0 Å². The standard InChI is InChI=1S/C13H8ClN3O2/c14-11-5-10(15-6-16-11)13(19)7-1-2-9-8(3-7)4-12(18)17-9/h1-3,5-6H,4H2,(H,17,18). The van der Waals surface area contributed by atoms with Crippen LogP contribution in [0.25, 0.3) is 0 Å². The number of aromatic nitrogens is 2. The molecule has 0 saturated heterocycles. The SMILES string of the molecule is O=C1Cc2cc(C(=O)c3cc(Cl)ncn3)ccc2N1. The molecule has 19 heavy (non-hydrogen) atoms. The molecular weight excluding hydrogens is 266 g/mol. The minimum Gasteiger partial charge on any atom is -0.326 e. The lowest BCUT2D eigenvalue weighted by molar-refractivity contribution is -0.115. The Kier molecular flexibility index (Phi) is 2.76. The minimum absolute atomic E-state index is 0.0651. The van der Waals surface area contributed by atoms with Gasteiger partial charge in [-0.3, -0.25) is 9.59 Å². The molecule has 3 rings (SSSR count). The molecular formula is C13H8ClN3O2. The topological polar surface area (TPSA) is 72.0 Å². The van der Waals surface area contributed by atoms with Crippen LogP contribution >= 0.6 is 11.6 Å². The maximum atomic E-state index is 12.2. The van der Waals surface area contributed by atoms with E-state index in [2.05, 4.69) is 15.3 Å². The molecule has 2 aromatic rings. The molecule has 0 atom stereocenters. The number of anilines is 1. The molecule has 6 heteroatoms. The Bertz CT molecular complexity index is 700. The maximum Gasteiger partial charge on any atom is 0.228 e. The number of nitrogens with zero attached hydrogens (tertiary/aromatic N) is 2. The van der Waals surface area contributed by atoms with Gasteiger partial charge in [0.15, 0.2) is 0 Å². The van der Waals surface area contributed by atoms with Crippen molar-refractivity contribution < 1.29 is 9.59 Å². The maximum absolute atomic E-state index is 12.2. The lowest BCUT2D eigenvalue weighted by atomic mass is 10.0. The van der Waals surface area contributed by atoms with Gasteiger partial charge in [-0.15, -0.1) is 0 Å². The zero-order valence-corrected chi connectivity index (χ0v) is 10.4. The number of halogens is 1. The van der Waals surface area contributed by atoms with E-state index in [1.165, 1.54) is 12.4 Å². The molecule has 1 amide bonds. The lowest BCUT2D eigenvalue weighted by Gasteiger charge is -2.03. The summed E-state index contributed by atoms with van der Waals surface area (Å²) in [6.45, 7) is 0. The second kappa shape index (κ2) is 4.44. The van der Waals surface area contributed by atoms with E-state index < -0.39 is 0 Å². The van der Waals surface area contributed by atoms with Crippen molar-refractivity contribution in [1.29, 1.82) is 0 Å². The average molecular weight is 274 g/mol. The Morgan fingerprint density at radius 3 is 2.89 bits per heavy atom. The van der Waals surface area contributed by atoms with Gasteiger partial charge >= 0.3 is 0 Å². The summed E-state index contributed by atoms with van der Waals surface area (Å²) < 4.78 is 0. The molecule has 0 saturated carbocycles. The number of rotatable bonds is 2. The Hall–Kier alpha value is -2.27. The molecule has 1 aromatic heterocycles. The van der Waals surface area contributed by atoms with Gasteiger partial charge in [-0.1, -0.05) is 11.6 Å². The summed E-state index contributed by atoms with van der Waals surface area (Å²) in [7, 11) is 0. The molecule has 0 unspecified atom stereocenters. The molecule has 1 aromatic carbocycles. The Labute approximate surface area is 113 Å². The highest BCUT2D eigenvalue weighted by Crippen LogP contribution is 2.24. The molecule has 0 fully saturated rings. The summed E-state index contributed by atoms with van der Waals surface area (Å²) in [6, 6.07) is 6.49. The van der Waals surface area contributed by atoms with E-state index >= 15 is 0 Å². The Morgan fingerprint density at radius 2 is 2.11 bits per heavy atom. The molecule has 94 valence electrons. The molecule has 1 N–H and O–H groups in total. The molecule has 0 spiro atoms. The average Bonchev–Trinajstić information content (AvgIpc) is 2.76. The van der Waals surface area contributed by atoms with Crippen LogP contribution in [0.15, 0.2) is 30.6 Å². The Balaban J connectivity index is 1.97. The van der Waals surface area contributed by atoms with Crippen molar-refractivity contribution in [2.45, 2.75) is 6.42 Å². The smallest absolute Gasteiger partial charge is 0.228 e. The van der Waals surface area contributed by atoms with E-state index in [0.717, 1.165) is 11.3 Å². The van der Waals surface area contributed by atoms with Crippen LogP contribution in [-0.4, -0.2) is 21.7 Å². The van der Waals surface area contributed by atoms with Gasteiger partial charge in [0.05, 0.1) is 6.42 Å². The van der Waals surface area contributed by atoms with E-state index in [4.69, 9.17) is 11.6 Å². The van der Waals surface area contributed by atoms with Crippen LogP contribution in [0, 0.1) is 0 Å². The van der Waals surface area contributed by atoms with E-state index in [1.807, 2.05) is 0 Å². The lowest BCUT2D eigenvalue weighted by Crippen LogP contribution is -2.04. The predicted molar refractivity (Wildman–Crippen MR) is 69.3 cm³/mol. The normalized spacial score (nSPS) is 13.0. The molecule has 1 aliphatic heterocycles. The van der Waals surface area contributed by atoms with E-state index in [0.29, 0.717) is 12.0 Å². The van der Waals surface area contributed by atoms with Crippen molar-refractivity contribution in [3.8, 4) is 0 Å². The fourth-order valence-electron chi connectivity index (χ4n) is 1.98. The largest absolute Gasteiger partial charge is 0.326 e. The summed E-state index contributed by atoms with van der Waals surface area (Å²) in [6.07, 6.45) is 1.54.